The number of fused-ring (bicyclic) bond motifs is 2. The molecule has 4 aromatic heterocycles. The summed E-state index contributed by atoms with van der Waals surface area (Å²) in [5.41, 5.74) is 20.3. The lowest BCUT2D eigenvalue weighted by molar-refractivity contribution is 0.986. The Morgan fingerprint density at radius 2 is 0.516 bits per heavy atom. The molecule has 0 amide bonds. The van der Waals surface area contributed by atoms with Crippen LogP contribution in [-0.4, -0.2) is 19.9 Å². The Labute approximate surface area is 364 Å². The van der Waals surface area contributed by atoms with E-state index in [1.54, 1.807) is 0 Å². The molecule has 8 aromatic rings. The van der Waals surface area contributed by atoms with Gasteiger partial charge in [0.25, 0.3) is 0 Å². The van der Waals surface area contributed by atoms with Gasteiger partial charge in [0.15, 0.2) is 11.6 Å². The molecule has 0 saturated carbocycles. The van der Waals surface area contributed by atoms with Gasteiger partial charge in [0.05, 0.1) is 45.5 Å². The lowest BCUT2D eigenvalue weighted by Gasteiger charge is -2.34. The Morgan fingerprint density at radius 3 is 0.790 bits per heavy atom. The Bertz CT molecular complexity index is 2790. The second-order valence-electron chi connectivity index (χ2n) is 16.6. The molecule has 4 aromatic carbocycles. The maximum absolute atomic E-state index is 4.89. The highest BCUT2D eigenvalue weighted by molar-refractivity contribution is 6.02. The van der Waals surface area contributed by atoms with Gasteiger partial charge in [-0.15, -0.1) is 0 Å². The van der Waals surface area contributed by atoms with Crippen LogP contribution < -0.4 is 19.6 Å². The number of hydrogen-bond donors (Lipinski definition) is 0. The molecule has 0 radical (unpaired) electrons. The van der Waals surface area contributed by atoms with Gasteiger partial charge in [-0.3, -0.25) is 39.5 Å². The summed E-state index contributed by atoms with van der Waals surface area (Å²) in [5.74, 6) is 1.91. The van der Waals surface area contributed by atoms with Gasteiger partial charge in [0.1, 0.15) is 0 Å². The molecule has 304 valence electrons. The molecular formula is C54H48N8. The fourth-order valence-electron chi connectivity index (χ4n) is 9.27. The SMILES string of the molecule is Cc1cc(N2/C(=C3/N(c4cc(C)nc(C)c4)c4ccc(-c5ccccc5)cc4N3c3cc(C)nc(C)c3)N(c3cc(C)nc(C)c3)c3cc(-c4ccccc4)ccc32)cc(C)n1. The third kappa shape index (κ3) is 6.83. The van der Waals surface area contributed by atoms with Crippen molar-refractivity contribution in [1.82, 2.24) is 19.9 Å². The molecule has 2 aliphatic heterocycles. The van der Waals surface area contributed by atoms with Gasteiger partial charge in [-0.25, -0.2) is 0 Å². The van der Waals surface area contributed by atoms with Crippen molar-refractivity contribution in [3.05, 3.63) is 203 Å². The van der Waals surface area contributed by atoms with E-state index < -0.39 is 0 Å². The molecule has 0 saturated heterocycles. The minimum absolute atomic E-state index is 0.941. The van der Waals surface area contributed by atoms with E-state index in [-0.39, 0.29) is 0 Å². The quantitative estimate of drug-likeness (QED) is 0.165. The number of aryl methyl sites for hydroxylation is 8. The topological polar surface area (TPSA) is 64.5 Å². The van der Waals surface area contributed by atoms with E-state index in [0.29, 0.717) is 0 Å². The van der Waals surface area contributed by atoms with Gasteiger partial charge in [0.2, 0.25) is 0 Å². The summed E-state index contributed by atoms with van der Waals surface area (Å²) in [7, 11) is 0. The van der Waals surface area contributed by atoms with Crippen molar-refractivity contribution in [2.75, 3.05) is 19.6 Å². The molecule has 0 fully saturated rings. The van der Waals surface area contributed by atoms with Gasteiger partial charge in [-0.2, -0.15) is 0 Å². The summed E-state index contributed by atoms with van der Waals surface area (Å²) in [5, 5.41) is 0. The fraction of sp³-hybridized carbons (Fsp3) is 0.148. The molecule has 0 bridgehead atoms. The molecule has 10 rings (SSSR count). The van der Waals surface area contributed by atoms with Gasteiger partial charge in [-0.05, 0) is 150 Å². The number of hydrogen-bond acceptors (Lipinski definition) is 8. The molecular weight excluding hydrogens is 761 g/mol. The molecule has 0 N–H and O–H groups in total. The number of rotatable bonds is 6. The van der Waals surface area contributed by atoms with Gasteiger partial charge >= 0.3 is 0 Å². The molecule has 0 spiro atoms. The first-order valence-electron chi connectivity index (χ1n) is 21.1. The van der Waals surface area contributed by atoms with Crippen LogP contribution in [0.1, 0.15) is 45.6 Å². The van der Waals surface area contributed by atoms with Crippen LogP contribution in [0.3, 0.4) is 0 Å². The van der Waals surface area contributed by atoms with Gasteiger partial charge in [0, 0.05) is 45.6 Å². The van der Waals surface area contributed by atoms with E-state index in [1.165, 1.54) is 0 Å². The summed E-state index contributed by atoms with van der Waals surface area (Å²) in [6.45, 7) is 16.6. The van der Waals surface area contributed by atoms with E-state index in [0.717, 1.165) is 125 Å². The third-order valence-electron chi connectivity index (χ3n) is 11.5. The van der Waals surface area contributed by atoms with Crippen molar-refractivity contribution >= 4 is 45.5 Å². The minimum atomic E-state index is 0.941. The second-order valence-corrected chi connectivity index (χ2v) is 16.6. The van der Waals surface area contributed by atoms with Crippen LogP contribution in [0.5, 0.6) is 0 Å². The summed E-state index contributed by atoms with van der Waals surface area (Å²) in [6, 6.07) is 52.5. The van der Waals surface area contributed by atoms with E-state index in [9.17, 15) is 0 Å². The maximum Gasteiger partial charge on any atom is 0.166 e. The van der Waals surface area contributed by atoms with Crippen LogP contribution in [-0.2, 0) is 0 Å². The zero-order valence-corrected chi connectivity index (χ0v) is 36.4. The Hall–Kier alpha value is -7.58. The van der Waals surface area contributed by atoms with E-state index in [1.807, 2.05) is 0 Å². The largest absolute Gasteiger partial charge is 0.291 e. The van der Waals surface area contributed by atoms with E-state index in [4.69, 9.17) is 19.9 Å². The summed E-state index contributed by atoms with van der Waals surface area (Å²) >= 11 is 0. The number of aromatic nitrogens is 4. The Morgan fingerprint density at radius 1 is 0.258 bits per heavy atom. The highest BCUT2D eigenvalue weighted by Gasteiger charge is 2.45. The average Bonchev–Trinajstić information content (AvgIpc) is 3.75. The molecule has 6 heterocycles. The molecule has 2 aliphatic rings. The summed E-state index contributed by atoms with van der Waals surface area (Å²) in [4.78, 5) is 29.3. The lowest BCUT2D eigenvalue weighted by atomic mass is 10.0. The smallest absolute Gasteiger partial charge is 0.166 e. The normalized spacial score (nSPS) is 14.5. The third-order valence-corrected chi connectivity index (χ3v) is 11.5. The Balaban J connectivity index is 1.39. The molecule has 0 unspecified atom stereocenters. The van der Waals surface area contributed by atoms with Crippen LogP contribution in [0.25, 0.3) is 22.3 Å². The van der Waals surface area contributed by atoms with Crippen LogP contribution >= 0.6 is 0 Å². The first-order chi connectivity index (χ1) is 30.0. The molecule has 8 heteroatoms. The fourth-order valence-corrected chi connectivity index (χ4v) is 9.27. The van der Waals surface area contributed by atoms with Crippen LogP contribution in [0.15, 0.2) is 157 Å². The molecule has 8 nitrogen and oxygen atoms in total. The highest BCUT2D eigenvalue weighted by Crippen LogP contribution is 2.58. The van der Waals surface area contributed by atoms with Crippen molar-refractivity contribution in [3.63, 3.8) is 0 Å². The predicted molar refractivity (Wildman–Crippen MR) is 254 cm³/mol. The molecule has 0 atom stereocenters. The van der Waals surface area contributed by atoms with Gasteiger partial charge < -0.3 is 0 Å². The molecule has 0 aliphatic carbocycles. The van der Waals surface area contributed by atoms with Crippen LogP contribution in [0.4, 0.5) is 45.5 Å². The maximum atomic E-state index is 4.89. The number of nitrogens with zero attached hydrogens (tertiary/aromatic N) is 8. The second kappa shape index (κ2) is 15.2. The van der Waals surface area contributed by atoms with Crippen LogP contribution in [0.2, 0.25) is 0 Å². The van der Waals surface area contributed by atoms with Crippen molar-refractivity contribution in [3.8, 4) is 22.3 Å². The predicted octanol–water partition coefficient (Wildman–Crippen LogP) is 13.5. The minimum Gasteiger partial charge on any atom is -0.291 e. The average molecular weight is 809 g/mol. The van der Waals surface area contributed by atoms with Crippen molar-refractivity contribution in [2.24, 2.45) is 0 Å². The van der Waals surface area contributed by atoms with Crippen molar-refractivity contribution in [2.45, 2.75) is 55.4 Å². The lowest BCUT2D eigenvalue weighted by Crippen LogP contribution is -2.33. The number of pyridine rings is 4. The zero-order valence-electron chi connectivity index (χ0n) is 36.4. The summed E-state index contributed by atoms with van der Waals surface area (Å²) < 4.78 is 0. The first kappa shape index (κ1) is 38.6. The number of anilines is 8. The van der Waals surface area contributed by atoms with Crippen molar-refractivity contribution < 1.29 is 0 Å². The highest BCUT2D eigenvalue weighted by atomic mass is 15.5. The first-order valence-corrected chi connectivity index (χ1v) is 21.1. The van der Waals surface area contributed by atoms with E-state index in [2.05, 4.69) is 221 Å². The van der Waals surface area contributed by atoms with Gasteiger partial charge in [-0.1, -0.05) is 72.8 Å². The van der Waals surface area contributed by atoms with Crippen molar-refractivity contribution in [1.29, 1.82) is 0 Å². The Kier molecular flexibility index (Phi) is 9.44. The van der Waals surface area contributed by atoms with E-state index >= 15 is 0 Å². The molecule has 62 heavy (non-hydrogen) atoms. The summed E-state index contributed by atoms with van der Waals surface area (Å²) in [6.07, 6.45) is 0. The standard InChI is InChI=1S/C54H48N8/c1-33-23-45(24-34(2)55-33)59-49-21-19-43(41-15-11-9-12-16-41)31-51(49)61(47-27-37(5)57-38(6)28-47)53(59)54-60(46-25-35(3)56-36(4)26-46)50-22-20-44(42-17-13-10-14-18-42)32-52(50)62(54)48-29-39(7)58-40(8)30-48/h9-32H,1-8H3/b54-53+. The van der Waals surface area contributed by atoms with Crippen LogP contribution in [0, 0.1) is 55.4 Å². The monoisotopic (exact) mass is 808 g/mol. The number of benzene rings is 4. The zero-order chi connectivity index (χ0) is 42.8.